The molecular weight excluding hydrogens is 235 g/mol. The van der Waals surface area contributed by atoms with Gasteiger partial charge < -0.3 is 5.32 Å². The summed E-state index contributed by atoms with van der Waals surface area (Å²) in [5.41, 5.74) is 2.31. The van der Waals surface area contributed by atoms with Gasteiger partial charge in [0.25, 0.3) is 0 Å². The Labute approximate surface area is 103 Å². The summed E-state index contributed by atoms with van der Waals surface area (Å²) in [6.07, 6.45) is 0. The number of rotatable bonds is 3. The number of anilines is 1. The molecule has 0 atom stereocenters. The van der Waals surface area contributed by atoms with E-state index in [1.54, 1.807) is 0 Å². The molecule has 0 saturated heterocycles. The number of hydrogen-bond acceptors (Lipinski definition) is 3. The first-order valence-corrected chi connectivity index (χ1v) is 6.04. The van der Waals surface area contributed by atoms with E-state index in [1.807, 2.05) is 24.4 Å². The number of nitrogens with zero attached hydrogens (tertiary/aromatic N) is 1. The van der Waals surface area contributed by atoms with Crippen LogP contribution >= 0.6 is 11.3 Å². The third kappa shape index (κ3) is 3.05. The Morgan fingerprint density at radius 3 is 2.82 bits per heavy atom. The highest BCUT2D eigenvalue weighted by atomic mass is 32.1. The normalized spacial score (nSPS) is 9.94. The predicted octanol–water partition coefficient (Wildman–Crippen LogP) is 3.68. The van der Waals surface area contributed by atoms with Gasteiger partial charge in [-0.05, 0) is 36.8 Å². The SMILES string of the molecule is Cc1cc(F)cc(NCc2cc(C#N)cs2)c1. The standard InChI is InChI=1S/C13H11FN2S/c1-9-2-11(14)5-12(3-9)16-7-13-4-10(6-15)8-17-13/h2-5,8,16H,7H2,1H3. The second-order valence-electron chi connectivity index (χ2n) is 3.78. The molecule has 0 aliphatic rings. The van der Waals surface area contributed by atoms with Crippen molar-refractivity contribution in [3.05, 3.63) is 51.5 Å². The number of hydrogen-bond donors (Lipinski definition) is 1. The number of nitrogens with one attached hydrogen (secondary N) is 1. The quantitative estimate of drug-likeness (QED) is 0.896. The fourth-order valence-corrected chi connectivity index (χ4v) is 2.31. The minimum absolute atomic E-state index is 0.239. The van der Waals surface area contributed by atoms with Crippen molar-refractivity contribution in [2.45, 2.75) is 13.5 Å². The molecule has 1 aromatic carbocycles. The first-order chi connectivity index (χ1) is 8.17. The summed E-state index contributed by atoms with van der Waals surface area (Å²) in [6.45, 7) is 2.46. The third-order valence-electron chi connectivity index (χ3n) is 2.29. The summed E-state index contributed by atoms with van der Waals surface area (Å²) in [5.74, 6) is -0.239. The molecule has 0 aliphatic heterocycles. The molecule has 86 valence electrons. The molecule has 0 saturated carbocycles. The third-order valence-corrected chi connectivity index (χ3v) is 3.23. The summed E-state index contributed by atoms with van der Waals surface area (Å²) >= 11 is 1.52. The lowest BCUT2D eigenvalue weighted by Crippen LogP contribution is -1.98. The van der Waals surface area contributed by atoms with Gasteiger partial charge in [-0.3, -0.25) is 0 Å². The van der Waals surface area contributed by atoms with Crippen LogP contribution in [0.15, 0.2) is 29.6 Å². The first kappa shape index (κ1) is 11.6. The van der Waals surface area contributed by atoms with Crippen molar-refractivity contribution < 1.29 is 4.39 Å². The van der Waals surface area contributed by atoms with Crippen LogP contribution in [-0.4, -0.2) is 0 Å². The van der Waals surface area contributed by atoms with E-state index in [4.69, 9.17) is 5.26 Å². The van der Waals surface area contributed by atoms with Crippen LogP contribution in [0, 0.1) is 24.1 Å². The Morgan fingerprint density at radius 2 is 2.18 bits per heavy atom. The Kier molecular flexibility index (Phi) is 3.40. The highest BCUT2D eigenvalue weighted by Crippen LogP contribution is 2.18. The van der Waals surface area contributed by atoms with Crippen molar-refractivity contribution in [3.63, 3.8) is 0 Å². The van der Waals surface area contributed by atoms with Gasteiger partial charge in [0.15, 0.2) is 0 Å². The first-order valence-electron chi connectivity index (χ1n) is 5.16. The molecule has 2 aromatic rings. The lowest BCUT2D eigenvalue weighted by Gasteiger charge is -2.06. The smallest absolute Gasteiger partial charge is 0.125 e. The Balaban J connectivity index is 2.04. The van der Waals surface area contributed by atoms with E-state index in [9.17, 15) is 4.39 Å². The number of nitriles is 1. The zero-order valence-corrected chi connectivity index (χ0v) is 10.1. The lowest BCUT2D eigenvalue weighted by molar-refractivity contribution is 0.627. The van der Waals surface area contributed by atoms with Crippen molar-refractivity contribution in [1.82, 2.24) is 0 Å². The highest BCUT2D eigenvalue weighted by Gasteiger charge is 2.01. The highest BCUT2D eigenvalue weighted by molar-refractivity contribution is 7.10. The molecule has 1 aromatic heterocycles. The second kappa shape index (κ2) is 4.98. The van der Waals surface area contributed by atoms with Gasteiger partial charge in [0.1, 0.15) is 11.9 Å². The monoisotopic (exact) mass is 246 g/mol. The van der Waals surface area contributed by atoms with Crippen molar-refractivity contribution in [2.24, 2.45) is 0 Å². The van der Waals surface area contributed by atoms with Crippen molar-refractivity contribution in [3.8, 4) is 6.07 Å². The summed E-state index contributed by atoms with van der Waals surface area (Å²) in [4.78, 5) is 1.06. The molecule has 0 fully saturated rings. The van der Waals surface area contributed by atoms with Gasteiger partial charge in [-0.2, -0.15) is 5.26 Å². The van der Waals surface area contributed by atoms with Crippen molar-refractivity contribution in [2.75, 3.05) is 5.32 Å². The van der Waals surface area contributed by atoms with Gasteiger partial charge in [0, 0.05) is 22.5 Å². The van der Waals surface area contributed by atoms with Crippen LogP contribution in [0.25, 0.3) is 0 Å². The topological polar surface area (TPSA) is 35.8 Å². The van der Waals surface area contributed by atoms with E-state index in [-0.39, 0.29) is 5.82 Å². The van der Waals surface area contributed by atoms with Gasteiger partial charge >= 0.3 is 0 Å². The fourth-order valence-electron chi connectivity index (χ4n) is 1.56. The molecule has 2 nitrogen and oxygen atoms in total. The molecule has 0 aliphatic carbocycles. The van der Waals surface area contributed by atoms with Crippen LogP contribution in [0.4, 0.5) is 10.1 Å². The zero-order valence-electron chi connectivity index (χ0n) is 9.33. The van der Waals surface area contributed by atoms with Crippen molar-refractivity contribution in [1.29, 1.82) is 5.26 Å². The van der Waals surface area contributed by atoms with Crippen LogP contribution in [0.5, 0.6) is 0 Å². The van der Waals surface area contributed by atoms with E-state index in [0.29, 0.717) is 12.1 Å². The van der Waals surface area contributed by atoms with E-state index >= 15 is 0 Å². The average Bonchev–Trinajstić information content (AvgIpc) is 2.73. The number of benzene rings is 1. The number of halogens is 1. The molecule has 0 spiro atoms. The summed E-state index contributed by atoms with van der Waals surface area (Å²) in [5, 5.41) is 13.6. The molecule has 0 radical (unpaired) electrons. The Morgan fingerprint density at radius 1 is 1.35 bits per heavy atom. The molecule has 0 bridgehead atoms. The van der Waals surface area contributed by atoms with Gasteiger partial charge in [-0.1, -0.05) is 0 Å². The molecule has 0 amide bonds. The van der Waals surface area contributed by atoms with Gasteiger partial charge in [-0.25, -0.2) is 4.39 Å². The Hall–Kier alpha value is -1.86. The van der Waals surface area contributed by atoms with Gasteiger partial charge in [0.05, 0.1) is 5.56 Å². The molecular formula is C13H11FN2S. The van der Waals surface area contributed by atoms with Gasteiger partial charge in [-0.15, -0.1) is 11.3 Å². The van der Waals surface area contributed by atoms with E-state index in [1.165, 1.54) is 23.5 Å². The van der Waals surface area contributed by atoms with E-state index < -0.39 is 0 Å². The number of thiophene rings is 1. The molecule has 1 N–H and O–H groups in total. The molecule has 2 rings (SSSR count). The molecule has 17 heavy (non-hydrogen) atoms. The van der Waals surface area contributed by atoms with Crippen LogP contribution in [-0.2, 0) is 6.54 Å². The maximum atomic E-state index is 13.1. The van der Waals surface area contributed by atoms with Crippen LogP contribution in [0.2, 0.25) is 0 Å². The Bertz CT molecular complexity index is 549. The average molecular weight is 246 g/mol. The summed E-state index contributed by atoms with van der Waals surface area (Å²) in [6, 6.07) is 8.77. The maximum absolute atomic E-state index is 13.1. The fraction of sp³-hybridized carbons (Fsp3) is 0.154. The maximum Gasteiger partial charge on any atom is 0.125 e. The lowest BCUT2D eigenvalue weighted by atomic mass is 10.2. The predicted molar refractivity (Wildman–Crippen MR) is 67.5 cm³/mol. The molecule has 0 unspecified atom stereocenters. The van der Waals surface area contributed by atoms with E-state index in [2.05, 4.69) is 11.4 Å². The minimum Gasteiger partial charge on any atom is -0.380 e. The summed E-state index contributed by atoms with van der Waals surface area (Å²) < 4.78 is 13.1. The van der Waals surface area contributed by atoms with E-state index in [0.717, 1.165) is 16.1 Å². The second-order valence-corrected chi connectivity index (χ2v) is 4.78. The molecule has 4 heteroatoms. The summed E-state index contributed by atoms with van der Waals surface area (Å²) in [7, 11) is 0. The zero-order chi connectivity index (χ0) is 12.3. The number of aryl methyl sites for hydroxylation is 1. The van der Waals surface area contributed by atoms with Crippen LogP contribution < -0.4 is 5.32 Å². The van der Waals surface area contributed by atoms with Crippen molar-refractivity contribution >= 4 is 17.0 Å². The van der Waals surface area contributed by atoms with Crippen LogP contribution in [0.3, 0.4) is 0 Å². The molecule has 1 heterocycles. The van der Waals surface area contributed by atoms with Crippen LogP contribution in [0.1, 0.15) is 16.0 Å². The minimum atomic E-state index is -0.239. The van der Waals surface area contributed by atoms with Gasteiger partial charge in [0.2, 0.25) is 0 Å². The largest absolute Gasteiger partial charge is 0.380 e.